The van der Waals surface area contributed by atoms with Gasteiger partial charge in [0.25, 0.3) is 0 Å². The van der Waals surface area contributed by atoms with Gasteiger partial charge in [-0.1, -0.05) is 31.5 Å². The van der Waals surface area contributed by atoms with Crippen LogP contribution in [0.25, 0.3) is 22.4 Å². The molecule has 3 nitrogen and oxygen atoms in total. The molecule has 5 heteroatoms. The fourth-order valence-corrected chi connectivity index (χ4v) is 3.66. The molecule has 120 valence electrons. The molecule has 0 spiro atoms. The Labute approximate surface area is 145 Å². The number of fused-ring (bicyclic) bond motifs is 1. The second kappa shape index (κ2) is 6.46. The van der Waals surface area contributed by atoms with Gasteiger partial charge in [-0.2, -0.15) is 5.10 Å². The van der Waals surface area contributed by atoms with Gasteiger partial charge >= 0.3 is 0 Å². The lowest BCUT2D eigenvalue weighted by atomic mass is 10.2. The first-order valence-corrected chi connectivity index (χ1v) is 8.91. The van der Waals surface area contributed by atoms with Gasteiger partial charge in [0.1, 0.15) is 10.2 Å². The van der Waals surface area contributed by atoms with Crippen LogP contribution in [-0.2, 0) is 6.54 Å². The Balaban J connectivity index is 1.90. The Hall–Kier alpha value is -1.65. The molecule has 2 aromatic heterocycles. The van der Waals surface area contributed by atoms with Gasteiger partial charge in [-0.05, 0) is 49.6 Å². The van der Waals surface area contributed by atoms with E-state index in [-0.39, 0.29) is 0 Å². The fraction of sp³-hybridized carbons (Fsp3) is 0.333. The molecule has 2 heterocycles. The third kappa shape index (κ3) is 3.48. The molecule has 0 amide bonds. The van der Waals surface area contributed by atoms with E-state index in [2.05, 4.69) is 49.1 Å². The number of nitrogens with zero attached hydrogens (tertiary/aromatic N) is 3. The highest BCUT2D eigenvalue weighted by molar-refractivity contribution is 7.19. The Morgan fingerprint density at radius 3 is 2.78 bits per heavy atom. The van der Waals surface area contributed by atoms with Crippen LogP contribution in [0, 0.1) is 19.8 Å². The van der Waals surface area contributed by atoms with Crippen molar-refractivity contribution in [2.45, 2.75) is 34.2 Å². The third-order valence-electron chi connectivity index (χ3n) is 3.60. The van der Waals surface area contributed by atoms with Crippen LogP contribution < -0.4 is 0 Å². The molecular formula is C18H20ClN3S. The van der Waals surface area contributed by atoms with Gasteiger partial charge in [0.15, 0.2) is 0 Å². The fourth-order valence-electron chi connectivity index (χ4n) is 2.50. The van der Waals surface area contributed by atoms with E-state index in [9.17, 15) is 0 Å². The topological polar surface area (TPSA) is 30.7 Å². The highest BCUT2D eigenvalue weighted by atomic mass is 35.5. The molecular weight excluding hydrogens is 326 g/mol. The minimum Gasteiger partial charge on any atom is -0.253 e. The van der Waals surface area contributed by atoms with Crippen LogP contribution in [0.4, 0.5) is 0 Å². The number of hydrogen-bond donors (Lipinski definition) is 0. The average molecular weight is 346 g/mol. The average Bonchev–Trinajstić information content (AvgIpc) is 2.98. The Bertz CT molecular complexity index is 874. The second-order valence-electron chi connectivity index (χ2n) is 6.22. The van der Waals surface area contributed by atoms with E-state index in [4.69, 9.17) is 11.6 Å². The highest BCUT2D eigenvalue weighted by Crippen LogP contribution is 2.27. The first-order valence-electron chi connectivity index (χ1n) is 7.72. The van der Waals surface area contributed by atoms with E-state index >= 15 is 0 Å². The highest BCUT2D eigenvalue weighted by Gasteiger charge is 2.12. The van der Waals surface area contributed by atoms with E-state index in [1.165, 1.54) is 10.3 Å². The molecule has 3 aromatic rings. The van der Waals surface area contributed by atoms with Gasteiger partial charge in [-0.15, -0.1) is 11.3 Å². The SMILES string of the molecule is Cc1ccc2sc(/C=C/c3c(C)nn(CC(C)C)c3Cl)nc2c1. The summed E-state index contributed by atoms with van der Waals surface area (Å²) in [5.74, 6) is 0.510. The first-order chi connectivity index (χ1) is 10.9. The molecule has 23 heavy (non-hydrogen) atoms. The number of halogens is 1. The molecule has 0 atom stereocenters. The zero-order valence-corrected chi connectivity index (χ0v) is 15.4. The molecule has 0 saturated heterocycles. The minimum absolute atomic E-state index is 0.510. The molecule has 1 aromatic carbocycles. The van der Waals surface area contributed by atoms with Gasteiger partial charge in [-0.3, -0.25) is 4.68 Å². The van der Waals surface area contributed by atoms with Crippen LogP contribution >= 0.6 is 22.9 Å². The Morgan fingerprint density at radius 2 is 2.04 bits per heavy atom. The molecule has 0 saturated carbocycles. The van der Waals surface area contributed by atoms with E-state index in [0.717, 1.165) is 28.3 Å². The van der Waals surface area contributed by atoms with Crippen molar-refractivity contribution >= 4 is 45.3 Å². The van der Waals surface area contributed by atoms with Gasteiger partial charge in [-0.25, -0.2) is 4.98 Å². The van der Waals surface area contributed by atoms with Gasteiger partial charge in [0.05, 0.1) is 15.9 Å². The Kier molecular flexibility index (Phi) is 4.55. The van der Waals surface area contributed by atoms with Crippen LogP contribution in [0.15, 0.2) is 18.2 Å². The van der Waals surface area contributed by atoms with Crippen LogP contribution in [-0.4, -0.2) is 14.8 Å². The molecule has 0 fully saturated rings. The monoisotopic (exact) mass is 345 g/mol. The molecule has 0 aliphatic carbocycles. The maximum Gasteiger partial charge on any atom is 0.134 e. The number of aryl methyl sites for hydroxylation is 2. The zero-order chi connectivity index (χ0) is 16.6. The summed E-state index contributed by atoms with van der Waals surface area (Å²) in [7, 11) is 0. The molecule has 0 aliphatic heterocycles. The predicted octanol–water partition coefficient (Wildman–Crippen LogP) is 5.59. The molecule has 0 radical (unpaired) electrons. The van der Waals surface area contributed by atoms with E-state index in [0.29, 0.717) is 11.1 Å². The van der Waals surface area contributed by atoms with Crippen molar-refractivity contribution in [1.29, 1.82) is 0 Å². The lowest BCUT2D eigenvalue weighted by Crippen LogP contribution is -2.06. The van der Waals surface area contributed by atoms with Gasteiger partial charge in [0, 0.05) is 12.1 Å². The van der Waals surface area contributed by atoms with Crippen molar-refractivity contribution in [2.75, 3.05) is 0 Å². The number of benzene rings is 1. The van der Waals surface area contributed by atoms with Crippen molar-refractivity contribution in [1.82, 2.24) is 14.8 Å². The summed E-state index contributed by atoms with van der Waals surface area (Å²) < 4.78 is 3.08. The van der Waals surface area contributed by atoms with Crippen LogP contribution in [0.2, 0.25) is 5.15 Å². The van der Waals surface area contributed by atoms with Crippen molar-refractivity contribution in [2.24, 2.45) is 5.92 Å². The summed E-state index contributed by atoms with van der Waals surface area (Å²) in [6.07, 6.45) is 4.04. The summed E-state index contributed by atoms with van der Waals surface area (Å²) in [5.41, 5.74) is 4.20. The summed E-state index contributed by atoms with van der Waals surface area (Å²) in [6, 6.07) is 6.35. The molecule has 0 aliphatic rings. The third-order valence-corrected chi connectivity index (χ3v) is 5.00. The van der Waals surface area contributed by atoms with Crippen molar-refractivity contribution in [3.63, 3.8) is 0 Å². The van der Waals surface area contributed by atoms with Crippen LogP contribution in [0.1, 0.15) is 35.7 Å². The van der Waals surface area contributed by atoms with Crippen molar-refractivity contribution in [3.05, 3.63) is 45.2 Å². The summed E-state index contributed by atoms with van der Waals surface area (Å²) in [6.45, 7) is 9.22. The number of thiazole rings is 1. The smallest absolute Gasteiger partial charge is 0.134 e. The van der Waals surface area contributed by atoms with E-state index < -0.39 is 0 Å². The molecule has 0 bridgehead atoms. The minimum atomic E-state index is 0.510. The number of rotatable bonds is 4. The normalized spacial score (nSPS) is 12.1. The zero-order valence-electron chi connectivity index (χ0n) is 13.8. The first kappa shape index (κ1) is 16.2. The van der Waals surface area contributed by atoms with E-state index in [1.54, 1.807) is 11.3 Å². The van der Waals surface area contributed by atoms with Crippen molar-refractivity contribution in [3.8, 4) is 0 Å². The summed E-state index contributed by atoms with van der Waals surface area (Å²) in [4.78, 5) is 4.66. The largest absolute Gasteiger partial charge is 0.253 e. The maximum atomic E-state index is 6.47. The predicted molar refractivity (Wildman–Crippen MR) is 100 cm³/mol. The Morgan fingerprint density at radius 1 is 1.26 bits per heavy atom. The standard InChI is InChI=1S/C18H20ClN3S/c1-11(2)10-22-18(19)14(13(4)21-22)6-8-17-20-15-9-12(3)5-7-16(15)23-17/h5-9,11H,10H2,1-4H3/b8-6+. The van der Waals surface area contributed by atoms with Crippen molar-refractivity contribution < 1.29 is 0 Å². The number of aromatic nitrogens is 3. The number of hydrogen-bond acceptors (Lipinski definition) is 3. The van der Waals surface area contributed by atoms with Crippen LogP contribution in [0.3, 0.4) is 0 Å². The molecule has 3 rings (SSSR count). The summed E-state index contributed by atoms with van der Waals surface area (Å²) >= 11 is 8.16. The van der Waals surface area contributed by atoms with Gasteiger partial charge in [0.2, 0.25) is 0 Å². The van der Waals surface area contributed by atoms with Gasteiger partial charge < -0.3 is 0 Å². The second-order valence-corrected chi connectivity index (χ2v) is 7.64. The lowest BCUT2D eigenvalue weighted by Gasteiger charge is -2.05. The molecule has 0 unspecified atom stereocenters. The maximum absolute atomic E-state index is 6.47. The van der Waals surface area contributed by atoms with E-state index in [1.807, 2.05) is 23.8 Å². The molecule has 0 N–H and O–H groups in total. The van der Waals surface area contributed by atoms with Crippen LogP contribution in [0.5, 0.6) is 0 Å². The lowest BCUT2D eigenvalue weighted by molar-refractivity contribution is 0.482. The quantitative estimate of drug-likeness (QED) is 0.617. The summed E-state index contributed by atoms with van der Waals surface area (Å²) in [5, 5.41) is 6.22.